The van der Waals surface area contributed by atoms with E-state index in [9.17, 15) is 0 Å². The highest BCUT2D eigenvalue weighted by Crippen LogP contribution is 2.34. The maximum Gasteiger partial charge on any atom is 0.00718 e. The largest absolute Gasteiger partial charge is 0.302 e. The third-order valence-electron chi connectivity index (χ3n) is 3.86. The SMILES string of the molecule is CCCC(CBr)CN(CC1CC1)CC1CC1. The van der Waals surface area contributed by atoms with E-state index >= 15 is 0 Å². The van der Waals surface area contributed by atoms with Crippen molar-refractivity contribution in [2.75, 3.05) is 25.0 Å². The van der Waals surface area contributed by atoms with Crippen molar-refractivity contribution in [1.29, 1.82) is 0 Å². The lowest BCUT2D eigenvalue weighted by Crippen LogP contribution is -2.33. The summed E-state index contributed by atoms with van der Waals surface area (Å²) in [5.41, 5.74) is 0. The molecule has 0 amide bonds. The molecule has 0 aromatic heterocycles. The minimum absolute atomic E-state index is 0.877. The zero-order valence-corrected chi connectivity index (χ0v) is 12.2. The normalized spacial score (nSPS) is 22.7. The molecule has 0 aromatic rings. The fourth-order valence-corrected chi connectivity index (χ4v) is 3.07. The van der Waals surface area contributed by atoms with E-state index in [4.69, 9.17) is 0 Å². The summed E-state index contributed by atoms with van der Waals surface area (Å²) in [4.78, 5) is 2.77. The molecule has 94 valence electrons. The van der Waals surface area contributed by atoms with Crippen molar-refractivity contribution in [3.63, 3.8) is 0 Å². The van der Waals surface area contributed by atoms with E-state index < -0.39 is 0 Å². The van der Waals surface area contributed by atoms with Crippen molar-refractivity contribution < 1.29 is 0 Å². The van der Waals surface area contributed by atoms with Gasteiger partial charge in [-0.2, -0.15) is 0 Å². The topological polar surface area (TPSA) is 3.24 Å². The lowest BCUT2D eigenvalue weighted by molar-refractivity contribution is 0.217. The molecule has 0 bridgehead atoms. The molecule has 0 radical (unpaired) electrons. The Kier molecular flexibility index (Phi) is 5.15. The summed E-state index contributed by atoms with van der Waals surface area (Å²) in [6.07, 6.45) is 8.69. The van der Waals surface area contributed by atoms with Crippen LogP contribution in [-0.4, -0.2) is 29.9 Å². The Morgan fingerprint density at radius 3 is 2.06 bits per heavy atom. The van der Waals surface area contributed by atoms with Crippen LogP contribution in [0.3, 0.4) is 0 Å². The molecule has 0 saturated heterocycles. The fourth-order valence-electron chi connectivity index (χ4n) is 2.55. The number of rotatable bonds is 9. The number of halogens is 1. The molecule has 0 N–H and O–H groups in total. The van der Waals surface area contributed by atoms with Gasteiger partial charge in [-0.1, -0.05) is 29.3 Å². The van der Waals surface area contributed by atoms with E-state index in [0.29, 0.717) is 0 Å². The lowest BCUT2D eigenvalue weighted by atomic mass is 10.1. The van der Waals surface area contributed by atoms with Crippen molar-refractivity contribution in [3.8, 4) is 0 Å². The highest BCUT2D eigenvalue weighted by molar-refractivity contribution is 9.09. The molecule has 1 atom stereocenters. The van der Waals surface area contributed by atoms with Crippen LogP contribution in [0.1, 0.15) is 45.4 Å². The predicted octanol–water partition coefficient (Wildman–Crippen LogP) is 3.92. The fraction of sp³-hybridized carbons (Fsp3) is 1.00. The third-order valence-corrected chi connectivity index (χ3v) is 4.77. The van der Waals surface area contributed by atoms with Gasteiger partial charge in [0.25, 0.3) is 0 Å². The third kappa shape index (κ3) is 4.75. The molecule has 0 heterocycles. The summed E-state index contributed by atoms with van der Waals surface area (Å²) >= 11 is 3.68. The number of alkyl halides is 1. The van der Waals surface area contributed by atoms with Crippen molar-refractivity contribution in [3.05, 3.63) is 0 Å². The summed E-state index contributed by atoms with van der Waals surface area (Å²) < 4.78 is 0. The Bertz CT molecular complexity index is 185. The molecule has 2 aliphatic carbocycles. The second-order valence-corrected chi connectivity index (χ2v) is 6.56. The van der Waals surface area contributed by atoms with Gasteiger partial charge in [-0.15, -0.1) is 0 Å². The van der Waals surface area contributed by atoms with Gasteiger partial charge < -0.3 is 4.90 Å². The Morgan fingerprint density at radius 1 is 1.12 bits per heavy atom. The van der Waals surface area contributed by atoms with Gasteiger partial charge in [0.05, 0.1) is 0 Å². The van der Waals surface area contributed by atoms with E-state index in [1.165, 1.54) is 63.5 Å². The van der Waals surface area contributed by atoms with Crippen LogP contribution in [0.25, 0.3) is 0 Å². The Balaban J connectivity index is 1.73. The molecule has 0 spiro atoms. The minimum Gasteiger partial charge on any atom is -0.302 e. The molecule has 2 fully saturated rings. The average Bonchev–Trinajstić information content (AvgIpc) is 3.12. The monoisotopic (exact) mass is 287 g/mol. The van der Waals surface area contributed by atoms with Crippen molar-refractivity contribution in [2.24, 2.45) is 17.8 Å². The summed E-state index contributed by atoms with van der Waals surface area (Å²) in [7, 11) is 0. The standard InChI is InChI=1S/C14H26BrN/c1-2-3-14(8-15)11-16(9-12-4-5-12)10-13-6-7-13/h12-14H,2-11H2,1H3. The first-order valence-electron chi connectivity index (χ1n) is 7.10. The van der Waals surface area contributed by atoms with Crippen LogP contribution < -0.4 is 0 Å². The summed E-state index contributed by atoms with van der Waals surface area (Å²) in [5, 5.41) is 1.19. The van der Waals surface area contributed by atoms with E-state index in [2.05, 4.69) is 27.8 Å². The molecule has 16 heavy (non-hydrogen) atoms. The van der Waals surface area contributed by atoms with Crippen LogP contribution in [0.5, 0.6) is 0 Å². The first kappa shape index (κ1) is 12.9. The molecule has 0 aromatic carbocycles. The van der Waals surface area contributed by atoms with Crippen LogP contribution in [0, 0.1) is 17.8 Å². The predicted molar refractivity (Wildman–Crippen MR) is 74.1 cm³/mol. The second kappa shape index (κ2) is 6.39. The van der Waals surface area contributed by atoms with Crippen LogP contribution in [-0.2, 0) is 0 Å². The maximum absolute atomic E-state index is 3.68. The van der Waals surface area contributed by atoms with Gasteiger partial charge in [0.15, 0.2) is 0 Å². The van der Waals surface area contributed by atoms with Gasteiger partial charge in [-0.05, 0) is 49.9 Å². The van der Waals surface area contributed by atoms with Crippen molar-refractivity contribution in [1.82, 2.24) is 4.90 Å². The summed E-state index contributed by atoms with van der Waals surface area (Å²) in [5.74, 6) is 2.98. The van der Waals surface area contributed by atoms with Gasteiger partial charge in [0.2, 0.25) is 0 Å². The molecule has 1 unspecified atom stereocenters. The molecule has 2 heteroatoms. The number of nitrogens with zero attached hydrogens (tertiary/aromatic N) is 1. The highest BCUT2D eigenvalue weighted by atomic mass is 79.9. The number of hydrogen-bond acceptors (Lipinski definition) is 1. The highest BCUT2D eigenvalue weighted by Gasteiger charge is 2.29. The summed E-state index contributed by atoms with van der Waals surface area (Å²) in [6.45, 7) is 6.43. The van der Waals surface area contributed by atoms with Crippen LogP contribution in [0.15, 0.2) is 0 Å². The average molecular weight is 288 g/mol. The molecular formula is C14H26BrN. The van der Waals surface area contributed by atoms with Gasteiger partial charge in [0.1, 0.15) is 0 Å². The first-order valence-corrected chi connectivity index (χ1v) is 8.22. The van der Waals surface area contributed by atoms with Gasteiger partial charge in [-0.25, -0.2) is 0 Å². The van der Waals surface area contributed by atoms with Crippen molar-refractivity contribution in [2.45, 2.75) is 45.4 Å². The second-order valence-electron chi connectivity index (χ2n) is 5.91. The quantitative estimate of drug-likeness (QED) is 0.581. The first-order chi connectivity index (χ1) is 7.81. The zero-order chi connectivity index (χ0) is 11.4. The Morgan fingerprint density at radius 2 is 1.69 bits per heavy atom. The van der Waals surface area contributed by atoms with E-state index in [1.54, 1.807) is 0 Å². The molecule has 0 aliphatic heterocycles. The van der Waals surface area contributed by atoms with E-state index in [0.717, 1.165) is 17.8 Å². The van der Waals surface area contributed by atoms with Crippen LogP contribution in [0.2, 0.25) is 0 Å². The zero-order valence-electron chi connectivity index (χ0n) is 10.6. The Labute approximate surface area is 109 Å². The molecule has 2 saturated carbocycles. The molecule has 2 rings (SSSR count). The van der Waals surface area contributed by atoms with Crippen molar-refractivity contribution >= 4 is 15.9 Å². The molecular weight excluding hydrogens is 262 g/mol. The Hall–Kier alpha value is 0.440. The van der Waals surface area contributed by atoms with Crippen LogP contribution >= 0.6 is 15.9 Å². The summed E-state index contributed by atoms with van der Waals surface area (Å²) in [6, 6.07) is 0. The molecule has 2 aliphatic rings. The smallest absolute Gasteiger partial charge is 0.00718 e. The van der Waals surface area contributed by atoms with Gasteiger partial charge in [-0.3, -0.25) is 0 Å². The van der Waals surface area contributed by atoms with Gasteiger partial charge >= 0.3 is 0 Å². The number of hydrogen-bond donors (Lipinski definition) is 0. The van der Waals surface area contributed by atoms with E-state index in [1.807, 2.05) is 0 Å². The van der Waals surface area contributed by atoms with Gasteiger partial charge in [0, 0.05) is 25.0 Å². The lowest BCUT2D eigenvalue weighted by Gasteiger charge is -2.26. The van der Waals surface area contributed by atoms with Crippen LogP contribution in [0.4, 0.5) is 0 Å². The molecule has 1 nitrogen and oxygen atoms in total. The van der Waals surface area contributed by atoms with E-state index in [-0.39, 0.29) is 0 Å². The maximum atomic E-state index is 3.68. The minimum atomic E-state index is 0.877.